The van der Waals surface area contributed by atoms with Crippen molar-refractivity contribution >= 4 is 12.6 Å². The van der Waals surface area contributed by atoms with Crippen LogP contribution in [0, 0.1) is 13.7 Å². The zero-order valence-electron chi connectivity index (χ0n) is 11.6. The van der Waals surface area contributed by atoms with Crippen LogP contribution in [-0.2, 0) is 0 Å². The normalized spacial score (nSPS) is 20.2. The molecule has 1 aromatic rings. The average Bonchev–Trinajstić information content (AvgIpc) is 2.14. The second-order valence-electron chi connectivity index (χ2n) is 2.01. The number of rotatable bonds is 1. The van der Waals surface area contributed by atoms with E-state index in [0.717, 1.165) is 12.1 Å². The lowest BCUT2D eigenvalue weighted by Gasteiger charge is -2.03. The second-order valence-corrected chi connectivity index (χ2v) is 2.01. The largest absolute Gasteiger partial charge is 0.490 e. The van der Waals surface area contributed by atoms with Gasteiger partial charge in [0.15, 0.2) is 0 Å². The van der Waals surface area contributed by atoms with Crippen molar-refractivity contribution in [3.8, 4) is 0 Å². The third-order valence-electron chi connectivity index (χ3n) is 1.20. The molecule has 11 heavy (non-hydrogen) atoms. The Labute approximate surface area is 74.3 Å². The van der Waals surface area contributed by atoms with Gasteiger partial charge < -0.3 is 10.0 Å². The van der Waals surface area contributed by atoms with Crippen LogP contribution in [0.25, 0.3) is 0 Å². The van der Waals surface area contributed by atoms with Gasteiger partial charge in [0, 0.05) is 25.1 Å². The molecule has 0 aliphatic carbocycles. The molecule has 0 fully saturated rings. The van der Waals surface area contributed by atoms with E-state index in [4.69, 9.17) is 18.3 Å². The third-order valence-corrected chi connectivity index (χ3v) is 1.20. The zero-order chi connectivity index (χ0) is 13.4. The van der Waals surface area contributed by atoms with E-state index in [1.807, 2.05) is 0 Å². The minimum absolute atomic E-state index is 0.321. The maximum atomic E-state index is 8.99. The van der Waals surface area contributed by atoms with E-state index >= 15 is 0 Å². The highest BCUT2D eigenvalue weighted by Gasteiger charge is 2.13. The van der Waals surface area contributed by atoms with E-state index in [9.17, 15) is 0 Å². The fraction of sp³-hybridized carbons (Fsp3) is 0.286. The first-order valence-corrected chi connectivity index (χ1v) is 2.91. The molecule has 0 radical (unpaired) electrons. The average molecular weight is 157 g/mol. The van der Waals surface area contributed by atoms with Gasteiger partial charge in [-0.05, 0) is 19.8 Å². The molecular formula is C7H10BNO2. The lowest BCUT2D eigenvalue weighted by Crippen LogP contribution is -2.32. The maximum Gasteiger partial charge on any atom is 0.490 e. The second kappa shape index (κ2) is 3.03. The summed E-state index contributed by atoms with van der Waals surface area (Å²) in [6.45, 7) is -5.25. The lowest BCUT2D eigenvalue weighted by molar-refractivity contribution is 0.425. The van der Waals surface area contributed by atoms with Gasteiger partial charge in [0.05, 0.1) is 0 Å². The molecule has 58 valence electrons. The number of nitrogens with zero attached hydrogens (tertiary/aromatic N) is 1. The molecule has 0 spiro atoms. The van der Waals surface area contributed by atoms with Crippen molar-refractivity contribution in [2.75, 3.05) is 0 Å². The molecule has 0 atom stereocenters. The molecule has 0 saturated heterocycles. The first-order chi connectivity index (χ1) is 7.53. The Hall–Kier alpha value is -0.865. The number of hydrogen-bond acceptors (Lipinski definition) is 3. The Balaban J connectivity index is 3.41. The summed E-state index contributed by atoms with van der Waals surface area (Å²) < 4.78 is 42.9. The van der Waals surface area contributed by atoms with Crippen LogP contribution < -0.4 is 5.46 Å². The summed E-state index contributed by atoms with van der Waals surface area (Å²) in [5.74, 6) is 0. The summed E-state index contributed by atoms with van der Waals surface area (Å²) in [5.41, 5.74) is -1.33. The Morgan fingerprint density at radius 3 is 2.82 bits per heavy atom. The Morgan fingerprint density at radius 2 is 2.27 bits per heavy atom. The van der Waals surface area contributed by atoms with E-state index in [2.05, 4.69) is 4.98 Å². The van der Waals surface area contributed by atoms with Crippen molar-refractivity contribution in [3.05, 3.63) is 23.5 Å². The Kier molecular flexibility index (Phi) is 0.894. The Bertz CT molecular complexity index is 416. The van der Waals surface area contributed by atoms with Crippen molar-refractivity contribution in [3.63, 3.8) is 0 Å². The topological polar surface area (TPSA) is 53.4 Å². The summed E-state index contributed by atoms with van der Waals surface area (Å²) in [4.78, 5) is 3.49. The molecule has 0 aliphatic rings. The summed E-state index contributed by atoms with van der Waals surface area (Å²) in [5, 5.41) is 18.0. The quantitative estimate of drug-likeness (QED) is 0.534. The smallest absolute Gasteiger partial charge is 0.423 e. The highest BCUT2D eigenvalue weighted by atomic mass is 16.4. The molecule has 3 nitrogen and oxygen atoms in total. The molecule has 2 N–H and O–H groups in total. The number of aryl methyl sites for hydroxylation is 2. The first kappa shape index (κ1) is 3.25. The first-order valence-electron chi connectivity index (χ1n) is 5.91. The molecule has 0 aliphatic heterocycles. The number of pyridine rings is 1. The van der Waals surface area contributed by atoms with Gasteiger partial charge >= 0.3 is 7.12 Å². The minimum atomic E-state index is -2.71. The van der Waals surface area contributed by atoms with Gasteiger partial charge in [-0.25, -0.2) is 0 Å². The molecule has 0 aromatic carbocycles. The van der Waals surface area contributed by atoms with Crippen LogP contribution in [0.5, 0.6) is 0 Å². The highest BCUT2D eigenvalue weighted by molar-refractivity contribution is 6.59. The molecule has 1 rings (SSSR count). The Morgan fingerprint density at radius 1 is 1.45 bits per heavy atom. The van der Waals surface area contributed by atoms with Crippen molar-refractivity contribution < 1.29 is 18.3 Å². The van der Waals surface area contributed by atoms with Crippen LogP contribution >= 0.6 is 0 Å². The minimum Gasteiger partial charge on any atom is -0.423 e. The van der Waals surface area contributed by atoms with Crippen molar-refractivity contribution in [1.29, 1.82) is 0 Å². The molecule has 4 heteroatoms. The van der Waals surface area contributed by atoms with Gasteiger partial charge in [0.1, 0.15) is 0 Å². The molecular weight excluding hydrogens is 141 g/mol. The van der Waals surface area contributed by atoms with Crippen LogP contribution in [0.3, 0.4) is 0 Å². The molecule has 0 saturated carbocycles. The number of hydrogen-bond donors (Lipinski definition) is 2. The zero-order valence-corrected chi connectivity index (χ0v) is 5.57. The van der Waals surface area contributed by atoms with E-state index in [1.54, 1.807) is 0 Å². The highest BCUT2D eigenvalue weighted by Crippen LogP contribution is 1.93. The molecule has 0 bridgehead atoms. The summed E-state index contributed by atoms with van der Waals surface area (Å²) >= 11 is 0. The third kappa shape index (κ3) is 1.79. The van der Waals surface area contributed by atoms with E-state index < -0.39 is 32.2 Å². The monoisotopic (exact) mass is 157 g/mol. The van der Waals surface area contributed by atoms with Gasteiger partial charge in [0.25, 0.3) is 0 Å². The van der Waals surface area contributed by atoms with E-state index in [1.165, 1.54) is 0 Å². The van der Waals surface area contributed by atoms with Crippen LogP contribution in [0.4, 0.5) is 0 Å². The van der Waals surface area contributed by atoms with Crippen LogP contribution in [-0.4, -0.2) is 22.2 Å². The molecule has 1 heterocycles. The molecule has 0 amide bonds. The van der Waals surface area contributed by atoms with E-state index in [-0.39, 0.29) is 5.46 Å². The van der Waals surface area contributed by atoms with Crippen molar-refractivity contribution in [1.82, 2.24) is 4.98 Å². The number of aromatic nitrogens is 1. The maximum absolute atomic E-state index is 8.99. The summed E-state index contributed by atoms with van der Waals surface area (Å²) in [6, 6.07) is 2.10. The SMILES string of the molecule is [2H]C([2H])([2H])c1ccc(B(O)O)c(C([2H])([2H])[2H])n1. The van der Waals surface area contributed by atoms with Gasteiger partial charge in [-0.2, -0.15) is 0 Å². The van der Waals surface area contributed by atoms with Crippen LogP contribution in [0.2, 0.25) is 0 Å². The summed E-state index contributed by atoms with van der Waals surface area (Å²) in [7, 11) is -2.01. The van der Waals surface area contributed by atoms with Crippen molar-refractivity contribution in [2.24, 2.45) is 0 Å². The fourth-order valence-electron chi connectivity index (χ4n) is 0.678. The molecule has 1 aromatic heterocycles. The lowest BCUT2D eigenvalue weighted by atomic mass is 9.79. The van der Waals surface area contributed by atoms with Gasteiger partial charge in [-0.1, -0.05) is 6.07 Å². The predicted molar refractivity (Wildman–Crippen MR) is 43.5 cm³/mol. The van der Waals surface area contributed by atoms with Gasteiger partial charge in [0.2, 0.25) is 0 Å². The van der Waals surface area contributed by atoms with Crippen molar-refractivity contribution in [2.45, 2.75) is 13.7 Å². The summed E-state index contributed by atoms with van der Waals surface area (Å²) in [6.07, 6.45) is 0. The predicted octanol–water partition coefficient (Wildman–Crippen LogP) is -0.622. The van der Waals surface area contributed by atoms with E-state index in [0.29, 0.717) is 0 Å². The fourth-order valence-corrected chi connectivity index (χ4v) is 0.678. The standard InChI is InChI=1S/C7H10BNO2/c1-5-3-4-7(8(10)11)6(2)9-5/h3-4,10-11H,1-2H3/i1D3,2D3. The molecule has 0 unspecified atom stereocenters. The van der Waals surface area contributed by atoms with Gasteiger partial charge in [-0.15, -0.1) is 0 Å². The van der Waals surface area contributed by atoms with Crippen LogP contribution in [0.1, 0.15) is 19.6 Å². The van der Waals surface area contributed by atoms with Crippen LogP contribution in [0.15, 0.2) is 12.1 Å². The van der Waals surface area contributed by atoms with Gasteiger partial charge in [-0.3, -0.25) is 4.98 Å².